The molecule has 23 heavy (non-hydrogen) atoms. The van der Waals surface area contributed by atoms with Crippen molar-refractivity contribution in [3.05, 3.63) is 53.1 Å². The van der Waals surface area contributed by atoms with Gasteiger partial charge in [0.2, 0.25) is 10.0 Å². The number of anilines is 1. The van der Waals surface area contributed by atoms with E-state index in [4.69, 9.17) is 21.1 Å². The van der Waals surface area contributed by atoms with Crippen LogP contribution in [0.2, 0.25) is 5.02 Å². The molecule has 0 aliphatic rings. The van der Waals surface area contributed by atoms with Crippen LogP contribution in [0.5, 0.6) is 11.5 Å². The van der Waals surface area contributed by atoms with Crippen molar-refractivity contribution in [1.82, 2.24) is 0 Å². The van der Waals surface area contributed by atoms with Crippen LogP contribution in [0, 0.1) is 6.92 Å². The summed E-state index contributed by atoms with van der Waals surface area (Å²) in [5.74, 6) is 1.13. The van der Waals surface area contributed by atoms with Gasteiger partial charge in [-0.15, -0.1) is 0 Å². The van der Waals surface area contributed by atoms with Crippen molar-refractivity contribution >= 4 is 27.3 Å². The summed E-state index contributed by atoms with van der Waals surface area (Å²) in [6.07, 6.45) is 0. The Bertz CT molecular complexity index is 760. The third-order valence-corrected chi connectivity index (χ3v) is 4.78. The molecule has 2 rings (SSSR count). The Labute approximate surface area is 141 Å². The van der Waals surface area contributed by atoms with Crippen LogP contribution in [-0.2, 0) is 10.0 Å². The fourth-order valence-corrected chi connectivity index (χ4v) is 2.90. The summed E-state index contributed by atoms with van der Waals surface area (Å²) in [6, 6.07) is 11.9. The molecule has 1 N–H and O–H groups in total. The number of methoxy groups -OCH3 is 1. The van der Waals surface area contributed by atoms with E-state index in [-0.39, 0.29) is 12.4 Å². The molecule has 0 atom stereocenters. The first-order chi connectivity index (χ1) is 10.9. The van der Waals surface area contributed by atoms with Crippen molar-refractivity contribution in [3.8, 4) is 11.5 Å². The molecule has 0 aliphatic carbocycles. The van der Waals surface area contributed by atoms with E-state index in [1.54, 1.807) is 49.6 Å². The van der Waals surface area contributed by atoms with E-state index < -0.39 is 10.0 Å². The number of aryl methyl sites for hydroxylation is 1. The van der Waals surface area contributed by atoms with Gasteiger partial charge in [0.25, 0.3) is 0 Å². The number of sulfonamides is 1. The minimum absolute atomic E-state index is 0.0429. The van der Waals surface area contributed by atoms with E-state index in [2.05, 4.69) is 4.72 Å². The van der Waals surface area contributed by atoms with Gasteiger partial charge in [-0.1, -0.05) is 17.7 Å². The average Bonchev–Trinajstić information content (AvgIpc) is 2.51. The summed E-state index contributed by atoms with van der Waals surface area (Å²) >= 11 is 5.98. The third-order valence-electron chi connectivity index (χ3n) is 3.13. The Kier molecular flexibility index (Phi) is 5.74. The fourth-order valence-electron chi connectivity index (χ4n) is 1.83. The second kappa shape index (κ2) is 7.57. The van der Waals surface area contributed by atoms with Gasteiger partial charge in [0.1, 0.15) is 23.9 Å². The number of rotatable bonds is 7. The first-order valence-electron chi connectivity index (χ1n) is 6.93. The molecule has 0 radical (unpaired) electrons. The Morgan fingerprint density at radius 2 is 1.74 bits per heavy atom. The second-order valence-electron chi connectivity index (χ2n) is 4.91. The van der Waals surface area contributed by atoms with E-state index in [1.165, 1.54) is 0 Å². The van der Waals surface area contributed by atoms with Gasteiger partial charge in [0.15, 0.2) is 0 Å². The summed E-state index contributed by atoms with van der Waals surface area (Å²) in [7, 11) is -1.93. The van der Waals surface area contributed by atoms with E-state index in [1.807, 2.05) is 6.92 Å². The minimum atomic E-state index is -3.51. The molecule has 0 saturated carbocycles. The summed E-state index contributed by atoms with van der Waals surface area (Å²) in [6.45, 7) is 1.89. The van der Waals surface area contributed by atoms with Gasteiger partial charge in [-0.05, 0) is 48.9 Å². The molecule has 0 fully saturated rings. The van der Waals surface area contributed by atoms with Crippen LogP contribution in [0.15, 0.2) is 42.5 Å². The highest BCUT2D eigenvalue weighted by Gasteiger charge is 2.11. The van der Waals surface area contributed by atoms with Crippen molar-refractivity contribution in [2.75, 3.05) is 24.2 Å². The zero-order chi connectivity index (χ0) is 16.9. The molecule has 2 aromatic carbocycles. The number of halogens is 1. The van der Waals surface area contributed by atoms with Crippen LogP contribution in [0.1, 0.15) is 5.56 Å². The Morgan fingerprint density at radius 3 is 2.35 bits per heavy atom. The average molecular weight is 356 g/mol. The SMILES string of the molecule is COc1ccc(OCCS(=O)(=O)Nc2ccc(C)c(Cl)c2)cc1. The van der Waals surface area contributed by atoms with E-state index in [0.29, 0.717) is 22.2 Å². The summed E-state index contributed by atoms with van der Waals surface area (Å²) in [5, 5.41) is 0.514. The van der Waals surface area contributed by atoms with E-state index in [9.17, 15) is 8.42 Å². The lowest BCUT2D eigenvalue weighted by molar-refractivity contribution is 0.340. The van der Waals surface area contributed by atoms with Crippen LogP contribution < -0.4 is 14.2 Å². The molecule has 0 heterocycles. The summed E-state index contributed by atoms with van der Waals surface area (Å²) in [5.41, 5.74) is 1.32. The molecule has 0 amide bonds. The molecule has 5 nitrogen and oxygen atoms in total. The Morgan fingerprint density at radius 1 is 1.09 bits per heavy atom. The quantitative estimate of drug-likeness (QED) is 0.825. The van der Waals surface area contributed by atoms with Crippen molar-refractivity contribution in [2.45, 2.75) is 6.92 Å². The monoisotopic (exact) mass is 355 g/mol. The van der Waals surface area contributed by atoms with E-state index >= 15 is 0 Å². The number of hydrogen-bond acceptors (Lipinski definition) is 4. The van der Waals surface area contributed by atoms with Crippen LogP contribution in [0.25, 0.3) is 0 Å². The van der Waals surface area contributed by atoms with Gasteiger partial charge >= 0.3 is 0 Å². The molecular weight excluding hydrogens is 338 g/mol. The lowest BCUT2D eigenvalue weighted by atomic mass is 10.2. The number of nitrogens with one attached hydrogen (secondary N) is 1. The van der Waals surface area contributed by atoms with Crippen LogP contribution >= 0.6 is 11.6 Å². The third kappa shape index (κ3) is 5.33. The van der Waals surface area contributed by atoms with Crippen molar-refractivity contribution in [2.24, 2.45) is 0 Å². The highest BCUT2D eigenvalue weighted by Crippen LogP contribution is 2.21. The largest absolute Gasteiger partial charge is 0.497 e. The standard InChI is InChI=1S/C16H18ClNO4S/c1-12-3-4-13(11-16(12)17)18-23(19,20)10-9-22-15-7-5-14(21-2)6-8-15/h3-8,11,18H,9-10H2,1-2H3. The Balaban J connectivity index is 1.89. The normalized spacial score (nSPS) is 11.1. The lowest BCUT2D eigenvalue weighted by Gasteiger charge is -2.10. The smallest absolute Gasteiger partial charge is 0.236 e. The van der Waals surface area contributed by atoms with Gasteiger partial charge < -0.3 is 9.47 Å². The van der Waals surface area contributed by atoms with Crippen LogP contribution in [0.3, 0.4) is 0 Å². The van der Waals surface area contributed by atoms with Gasteiger partial charge in [-0.25, -0.2) is 8.42 Å². The molecule has 0 aromatic heterocycles. The zero-order valence-corrected chi connectivity index (χ0v) is 14.4. The molecule has 0 spiro atoms. The van der Waals surface area contributed by atoms with Gasteiger partial charge in [-0.3, -0.25) is 4.72 Å². The molecule has 124 valence electrons. The van der Waals surface area contributed by atoms with Crippen LogP contribution in [0.4, 0.5) is 5.69 Å². The first kappa shape index (κ1) is 17.4. The molecular formula is C16H18ClNO4S. The van der Waals surface area contributed by atoms with Gasteiger partial charge in [0.05, 0.1) is 7.11 Å². The predicted molar refractivity (Wildman–Crippen MR) is 92.1 cm³/mol. The minimum Gasteiger partial charge on any atom is -0.497 e. The topological polar surface area (TPSA) is 64.6 Å². The maximum absolute atomic E-state index is 12.0. The molecule has 0 bridgehead atoms. The number of benzene rings is 2. The molecule has 0 saturated heterocycles. The van der Waals surface area contributed by atoms with Gasteiger partial charge in [-0.2, -0.15) is 0 Å². The molecule has 7 heteroatoms. The predicted octanol–water partition coefficient (Wildman–Crippen LogP) is 3.48. The molecule has 0 unspecified atom stereocenters. The number of ether oxygens (including phenoxy) is 2. The van der Waals surface area contributed by atoms with E-state index in [0.717, 1.165) is 5.56 Å². The molecule has 0 aliphatic heterocycles. The van der Waals surface area contributed by atoms with Crippen molar-refractivity contribution in [1.29, 1.82) is 0 Å². The fraction of sp³-hybridized carbons (Fsp3) is 0.250. The maximum atomic E-state index is 12.0. The lowest BCUT2D eigenvalue weighted by Crippen LogP contribution is -2.21. The summed E-state index contributed by atoms with van der Waals surface area (Å²) in [4.78, 5) is 0. The summed E-state index contributed by atoms with van der Waals surface area (Å²) < 4.78 is 37.0. The van der Waals surface area contributed by atoms with Crippen LogP contribution in [-0.4, -0.2) is 27.9 Å². The Hall–Kier alpha value is -1.92. The highest BCUT2D eigenvalue weighted by molar-refractivity contribution is 7.92. The zero-order valence-electron chi connectivity index (χ0n) is 12.9. The van der Waals surface area contributed by atoms with Crippen molar-refractivity contribution in [3.63, 3.8) is 0 Å². The second-order valence-corrected chi connectivity index (χ2v) is 7.16. The highest BCUT2D eigenvalue weighted by atomic mass is 35.5. The molecule has 2 aromatic rings. The number of hydrogen-bond donors (Lipinski definition) is 1. The first-order valence-corrected chi connectivity index (χ1v) is 8.96. The van der Waals surface area contributed by atoms with Gasteiger partial charge in [0, 0.05) is 10.7 Å². The maximum Gasteiger partial charge on any atom is 0.236 e. The van der Waals surface area contributed by atoms with Crippen molar-refractivity contribution < 1.29 is 17.9 Å².